The maximum absolute atomic E-state index is 14.1. The van der Waals surface area contributed by atoms with E-state index in [1.165, 1.54) is 87.8 Å². The van der Waals surface area contributed by atoms with Crippen molar-refractivity contribution in [2.75, 3.05) is 0 Å². The Morgan fingerprint density at radius 3 is 2.14 bits per heavy atom. The Balaban J connectivity index is 1.15. The summed E-state index contributed by atoms with van der Waals surface area (Å²) in [6, 6.07) is 16.4. The average Bonchev–Trinajstić information content (AvgIpc) is 2.89. The number of halogens is 2. The second-order valence-corrected chi connectivity index (χ2v) is 11.7. The van der Waals surface area contributed by atoms with Crippen LogP contribution in [0.1, 0.15) is 94.2 Å². The minimum Gasteiger partial charge on any atom is -0.206 e. The van der Waals surface area contributed by atoms with Gasteiger partial charge in [0.1, 0.15) is 5.82 Å². The van der Waals surface area contributed by atoms with Gasteiger partial charge in [-0.2, -0.15) is 0 Å². The van der Waals surface area contributed by atoms with Crippen LogP contribution in [0.5, 0.6) is 0 Å². The first-order chi connectivity index (χ1) is 17.0. The Bertz CT molecular complexity index is 980. The lowest BCUT2D eigenvalue weighted by Gasteiger charge is -2.32. The monoisotopic (exact) mass is 492 g/mol. The predicted molar refractivity (Wildman–Crippen MR) is 149 cm³/mol. The molecule has 2 aromatic carbocycles. The molecule has 2 heteroatoms. The van der Waals surface area contributed by atoms with Gasteiger partial charge in [0, 0.05) is 5.56 Å². The van der Waals surface area contributed by atoms with Crippen LogP contribution in [0.2, 0.25) is 0 Å². The highest BCUT2D eigenvalue weighted by Crippen LogP contribution is 2.40. The molecule has 188 valence electrons. The number of allylic oxidation sites excluding steroid dienone is 4. The van der Waals surface area contributed by atoms with E-state index in [2.05, 4.69) is 43.3 Å². The summed E-state index contributed by atoms with van der Waals surface area (Å²) in [6.45, 7) is 2.27. The summed E-state index contributed by atoms with van der Waals surface area (Å²) in [7, 11) is 0. The first kappa shape index (κ1) is 26.2. The van der Waals surface area contributed by atoms with Crippen molar-refractivity contribution in [1.82, 2.24) is 0 Å². The summed E-state index contributed by atoms with van der Waals surface area (Å²) in [6.07, 6.45) is 22.3. The fraction of sp³-hybridized carbons (Fsp3) is 0.515. The Morgan fingerprint density at radius 2 is 1.51 bits per heavy atom. The Hall–Kier alpha value is -1.86. The molecule has 1 fully saturated rings. The number of hydrogen-bond donors (Lipinski definition) is 0. The quantitative estimate of drug-likeness (QED) is 0.216. The third kappa shape index (κ3) is 7.81. The zero-order valence-corrected chi connectivity index (χ0v) is 22.2. The molecule has 0 aromatic heterocycles. The second kappa shape index (κ2) is 12.9. The van der Waals surface area contributed by atoms with Crippen molar-refractivity contribution >= 4 is 17.2 Å². The smallest absolute Gasteiger partial charge is 0.131 e. The summed E-state index contributed by atoms with van der Waals surface area (Å²) >= 11 is 6.95. The summed E-state index contributed by atoms with van der Waals surface area (Å²) in [5.41, 5.74) is 4.61. The van der Waals surface area contributed by atoms with E-state index in [0.717, 1.165) is 30.3 Å². The molecule has 2 aromatic rings. The van der Waals surface area contributed by atoms with Crippen molar-refractivity contribution in [3.63, 3.8) is 0 Å². The molecule has 1 atom stereocenters. The maximum atomic E-state index is 14.1. The van der Waals surface area contributed by atoms with Gasteiger partial charge in [0.2, 0.25) is 0 Å². The average molecular weight is 493 g/mol. The maximum Gasteiger partial charge on any atom is 0.131 e. The number of aryl methyl sites for hydroxylation is 2. The number of benzene rings is 2. The molecule has 2 aliphatic carbocycles. The fourth-order valence-corrected chi connectivity index (χ4v) is 6.06. The molecule has 0 nitrogen and oxygen atoms in total. The second-order valence-electron chi connectivity index (χ2n) is 10.9. The zero-order chi connectivity index (χ0) is 24.5. The van der Waals surface area contributed by atoms with Crippen LogP contribution in [0.3, 0.4) is 0 Å². The van der Waals surface area contributed by atoms with Gasteiger partial charge in [-0.25, -0.2) is 4.39 Å². The van der Waals surface area contributed by atoms with Crippen LogP contribution in [0.4, 0.5) is 4.39 Å². The molecule has 0 amide bonds. The summed E-state index contributed by atoms with van der Waals surface area (Å²) < 4.78 is 14.1. The number of rotatable bonds is 11. The highest BCUT2D eigenvalue weighted by molar-refractivity contribution is 6.25. The van der Waals surface area contributed by atoms with Gasteiger partial charge >= 0.3 is 0 Å². The molecule has 0 N–H and O–H groups in total. The van der Waals surface area contributed by atoms with E-state index in [-0.39, 0.29) is 10.7 Å². The highest BCUT2D eigenvalue weighted by atomic mass is 35.5. The Morgan fingerprint density at radius 1 is 0.857 bits per heavy atom. The van der Waals surface area contributed by atoms with E-state index in [9.17, 15) is 4.39 Å². The fourth-order valence-electron chi connectivity index (χ4n) is 5.81. The van der Waals surface area contributed by atoms with Crippen molar-refractivity contribution in [3.8, 4) is 0 Å². The molecular weight excluding hydrogens is 451 g/mol. The lowest BCUT2D eigenvalue weighted by Crippen LogP contribution is -2.23. The van der Waals surface area contributed by atoms with Crippen LogP contribution < -0.4 is 0 Å². The van der Waals surface area contributed by atoms with Gasteiger partial charge in [-0.1, -0.05) is 106 Å². The van der Waals surface area contributed by atoms with Gasteiger partial charge in [-0.05, 0) is 79.5 Å². The number of alkyl halides is 1. The molecule has 0 aliphatic heterocycles. The molecule has 1 unspecified atom stereocenters. The predicted octanol–water partition coefficient (Wildman–Crippen LogP) is 10.1. The van der Waals surface area contributed by atoms with E-state index in [1.54, 1.807) is 6.07 Å². The van der Waals surface area contributed by atoms with E-state index >= 15 is 0 Å². The largest absolute Gasteiger partial charge is 0.206 e. The Labute approximate surface area is 217 Å². The molecule has 4 rings (SSSR count). The Kier molecular flexibility index (Phi) is 9.67. The molecular formula is C33H42ClF. The molecule has 35 heavy (non-hydrogen) atoms. The van der Waals surface area contributed by atoms with E-state index in [4.69, 9.17) is 11.6 Å². The highest BCUT2D eigenvalue weighted by Gasteiger charge is 2.29. The molecule has 1 saturated carbocycles. The van der Waals surface area contributed by atoms with Crippen molar-refractivity contribution in [2.24, 2.45) is 11.8 Å². The van der Waals surface area contributed by atoms with Crippen LogP contribution in [-0.4, -0.2) is 4.87 Å². The first-order valence-electron chi connectivity index (χ1n) is 14.0. The topological polar surface area (TPSA) is 0 Å². The van der Waals surface area contributed by atoms with Crippen molar-refractivity contribution in [2.45, 2.75) is 95.3 Å². The van der Waals surface area contributed by atoms with Crippen LogP contribution >= 0.6 is 11.6 Å². The van der Waals surface area contributed by atoms with Crippen molar-refractivity contribution in [1.29, 1.82) is 0 Å². The summed E-state index contributed by atoms with van der Waals surface area (Å²) in [5.74, 6) is 1.51. The van der Waals surface area contributed by atoms with Gasteiger partial charge in [-0.3, -0.25) is 0 Å². The number of hydrogen-bond acceptors (Lipinski definition) is 0. The minimum absolute atomic E-state index is 0.165. The SMILES string of the molecule is CCCCCc1ccc(CCC2CCC(CCC3(Cl)C=CC(c4ccccc4F)=CC3)CC2)cc1. The first-order valence-corrected chi connectivity index (χ1v) is 14.3. The van der Waals surface area contributed by atoms with E-state index < -0.39 is 0 Å². The van der Waals surface area contributed by atoms with Gasteiger partial charge in [0.05, 0.1) is 4.87 Å². The van der Waals surface area contributed by atoms with Gasteiger partial charge in [0.15, 0.2) is 0 Å². The molecule has 0 bridgehead atoms. The van der Waals surface area contributed by atoms with Crippen LogP contribution in [0.25, 0.3) is 5.57 Å². The normalized spacial score (nSPS) is 24.4. The van der Waals surface area contributed by atoms with Crippen molar-refractivity contribution < 1.29 is 4.39 Å². The lowest BCUT2D eigenvalue weighted by molar-refractivity contribution is 0.246. The summed E-state index contributed by atoms with van der Waals surface area (Å²) in [4.78, 5) is -0.311. The lowest BCUT2D eigenvalue weighted by atomic mass is 9.76. The molecule has 2 aliphatic rings. The standard InChI is InChI=1S/C33H42ClF/c1-2-3-4-7-26-10-12-27(13-11-26)14-15-28-16-18-29(19-17-28)20-23-33(34)24-21-30(22-25-33)31-8-5-6-9-32(31)35/h5-6,8-13,21-22,24,28-29H,2-4,7,14-20,23,25H2,1H3. The summed E-state index contributed by atoms with van der Waals surface area (Å²) in [5, 5.41) is 0. The van der Waals surface area contributed by atoms with E-state index in [0.29, 0.717) is 5.56 Å². The van der Waals surface area contributed by atoms with Gasteiger partial charge < -0.3 is 0 Å². The van der Waals surface area contributed by atoms with E-state index in [1.807, 2.05) is 18.2 Å². The third-order valence-corrected chi connectivity index (χ3v) is 8.74. The zero-order valence-electron chi connectivity index (χ0n) is 21.5. The van der Waals surface area contributed by atoms with Crippen LogP contribution in [0.15, 0.2) is 66.8 Å². The molecule has 0 spiro atoms. The molecule has 0 radical (unpaired) electrons. The molecule has 0 heterocycles. The third-order valence-electron chi connectivity index (χ3n) is 8.28. The van der Waals surface area contributed by atoms with Gasteiger partial charge in [0.25, 0.3) is 0 Å². The van der Waals surface area contributed by atoms with Gasteiger partial charge in [-0.15, -0.1) is 11.6 Å². The van der Waals surface area contributed by atoms with Crippen LogP contribution in [-0.2, 0) is 12.8 Å². The molecule has 0 saturated heterocycles. The van der Waals surface area contributed by atoms with Crippen LogP contribution in [0, 0.1) is 17.7 Å². The van der Waals surface area contributed by atoms with Crippen molar-refractivity contribution in [3.05, 3.63) is 89.3 Å². The minimum atomic E-state index is -0.311. The number of unbranched alkanes of at least 4 members (excludes halogenated alkanes) is 2.